The first-order valence-corrected chi connectivity index (χ1v) is 6.01. The second-order valence-electron chi connectivity index (χ2n) is 2.96. The molecule has 0 bridgehead atoms. The molecule has 0 amide bonds. The van der Waals surface area contributed by atoms with Gasteiger partial charge in [0.05, 0.1) is 12.4 Å². The third kappa shape index (κ3) is 10.9. The summed E-state index contributed by atoms with van der Waals surface area (Å²) in [5.74, 6) is 0. The summed E-state index contributed by atoms with van der Waals surface area (Å²) in [6.45, 7) is 5.03. The average molecular weight is 248 g/mol. The molecule has 1 aromatic rings. The van der Waals surface area contributed by atoms with Crippen LogP contribution in [0.25, 0.3) is 0 Å². The fourth-order valence-corrected chi connectivity index (χ4v) is 1.33. The van der Waals surface area contributed by atoms with E-state index in [1.807, 2.05) is 0 Å². The zero-order valence-corrected chi connectivity index (χ0v) is 9.85. The molecule has 1 aromatic heterocycles. The first-order valence-electron chi connectivity index (χ1n) is 4.65. The lowest BCUT2D eigenvalue weighted by Crippen LogP contribution is -2.13. The Hall–Kier alpha value is -1.18. The van der Waals surface area contributed by atoms with Gasteiger partial charge in [0.15, 0.2) is 0 Å². The minimum Gasteiger partial charge on any atom is -0.351 e. The molecule has 6 nitrogen and oxygen atoms in total. The first-order chi connectivity index (χ1) is 7.45. The third-order valence-electron chi connectivity index (χ3n) is 1.47. The average Bonchev–Trinajstić information content (AvgIpc) is 2.69. The van der Waals surface area contributed by atoms with E-state index < -0.39 is 16.5 Å². The number of allylic oxidation sites excluding steroid dienone is 1. The van der Waals surface area contributed by atoms with E-state index in [1.54, 1.807) is 31.7 Å². The number of hydrogen-bond donors (Lipinski definition) is 2. The van der Waals surface area contributed by atoms with Gasteiger partial charge in [-0.15, -0.1) is 6.58 Å². The van der Waals surface area contributed by atoms with Crippen molar-refractivity contribution in [1.82, 2.24) is 9.97 Å². The summed E-state index contributed by atoms with van der Waals surface area (Å²) in [5.41, 5.74) is 0. The molecule has 2 N–H and O–H groups in total. The number of H-pyrrole nitrogens is 1. The Morgan fingerprint density at radius 1 is 1.69 bits per heavy atom. The zero-order chi connectivity index (χ0) is 12.4. The van der Waals surface area contributed by atoms with Crippen LogP contribution < -0.4 is 0 Å². The highest BCUT2D eigenvalue weighted by Crippen LogP contribution is 2.04. The van der Waals surface area contributed by atoms with E-state index in [0.29, 0.717) is 12.8 Å². The molecule has 1 atom stereocenters. The van der Waals surface area contributed by atoms with Crippen LogP contribution in [-0.2, 0) is 14.6 Å². The number of aromatic amines is 1. The lowest BCUT2D eigenvalue weighted by molar-refractivity contribution is 0.190. The van der Waals surface area contributed by atoms with E-state index in [0.717, 1.165) is 0 Å². The van der Waals surface area contributed by atoms with Crippen LogP contribution in [0.4, 0.5) is 0 Å². The van der Waals surface area contributed by atoms with Crippen molar-refractivity contribution in [2.24, 2.45) is 0 Å². The molecule has 0 radical (unpaired) electrons. The van der Waals surface area contributed by atoms with Crippen LogP contribution in [0.15, 0.2) is 31.4 Å². The molecule has 1 unspecified atom stereocenters. The van der Waals surface area contributed by atoms with Gasteiger partial charge in [-0.1, -0.05) is 6.08 Å². The monoisotopic (exact) mass is 248 g/mol. The summed E-state index contributed by atoms with van der Waals surface area (Å²) in [5, 5.41) is 0. The van der Waals surface area contributed by atoms with Gasteiger partial charge in [-0.2, -0.15) is 8.42 Å². The van der Waals surface area contributed by atoms with Gasteiger partial charge in [0.25, 0.3) is 0 Å². The number of aromatic nitrogens is 2. The van der Waals surface area contributed by atoms with Gasteiger partial charge < -0.3 is 4.98 Å². The molecule has 0 aliphatic carbocycles. The van der Waals surface area contributed by atoms with E-state index >= 15 is 0 Å². The molecule has 0 aliphatic rings. The largest absolute Gasteiger partial charge is 0.397 e. The summed E-state index contributed by atoms with van der Waals surface area (Å²) >= 11 is 0. The Balaban J connectivity index is 0.000000368. The van der Waals surface area contributed by atoms with E-state index in [1.165, 1.54) is 0 Å². The maximum Gasteiger partial charge on any atom is 0.397 e. The molecule has 0 aliphatic heterocycles. The molecule has 0 aromatic carbocycles. The molecular formula is C9H16N2O4S. The number of hydrogen-bond acceptors (Lipinski definition) is 4. The minimum absolute atomic E-state index is 0.497. The van der Waals surface area contributed by atoms with Crippen molar-refractivity contribution in [1.29, 1.82) is 0 Å². The van der Waals surface area contributed by atoms with E-state index in [-0.39, 0.29) is 0 Å². The van der Waals surface area contributed by atoms with Gasteiger partial charge >= 0.3 is 10.4 Å². The van der Waals surface area contributed by atoms with E-state index in [2.05, 4.69) is 20.7 Å². The Labute approximate surface area is 95.3 Å². The summed E-state index contributed by atoms with van der Waals surface area (Å²) < 4.78 is 32.7. The third-order valence-corrected chi connectivity index (χ3v) is 2.04. The highest BCUT2D eigenvalue weighted by atomic mass is 32.3. The Bertz CT molecular complexity index is 344. The highest BCUT2D eigenvalue weighted by molar-refractivity contribution is 7.80. The summed E-state index contributed by atoms with van der Waals surface area (Å²) in [6.07, 6.45) is 7.44. The molecule has 1 heterocycles. The molecule has 7 heteroatoms. The first kappa shape index (κ1) is 14.8. The molecule has 92 valence electrons. The fourth-order valence-electron chi connectivity index (χ4n) is 0.823. The molecule has 16 heavy (non-hydrogen) atoms. The standard InChI is InChI=1S/C6H12O4S.C3H4N2/c1-3-4-5-6(2)10-11(7,8)9;1-2-5-3-4-1/h3,6H,1,4-5H2,2H3,(H,7,8,9);1-3H,(H,4,5). The van der Waals surface area contributed by atoms with Crippen LogP contribution in [0.5, 0.6) is 0 Å². The van der Waals surface area contributed by atoms with Crippen molar-refractivity contribution in [2.75, 3.05) is 0 Å². The number of rotatable bonds is 5. The normalized spacial score (nSPS) is 12.4. The van der Waals surface area contributed by atoms with Crippen LogP contribution in [0, 0.1) is 0 Å². The van der Waals surface area contributed by atoms with E-state index in [9.17, 15) is 8.42 Å². The maximum absolute atomic E-state index is 10.1. The fraction of sp³-hybridized carbons (Fsp3) is 0.444. The molecule has 0 saturated carbocycles. The van der Waals surface area contributed by atoms with E-state index in [4.69, 9.17) is 4.55 Å². The van der Waals surface area contributed by atoms with Crippen molar-refractivity contribution in [2.45, 2.75) is 25.9 Å². The van der Waals surface area contributed by atoms with Crippen LogP contribution in [-0.4, -0.2) is 29.0 Å². The zero-order valence-electron chi connectivity index (χ0n) is 9.04. The lowest BCUT2D eigenvalue weighted by atomic mass is 10.2. The van der Waals surface area contributed by atoms with Gasteiger partial charge in [0, 0.05) is 12.4 Å². The highest BCUT2D eigenvalue weighted by Gasteiger charge is 2.10. The quantitative estimate of drug-likeness (QED) is 0.609. The predicted molar refractivity (Wildman–Crippen MR) is 60.1 cm³/mol. The number of imidazole rings is 1. The molecular weight excluding hydrogens is 232 g/mol. The number of nitrogens with one attached hydrogen (secondary N) is 1. The minimum atomic E-state index is -4.29. The molecule has 0 spiro atoms. The van der Waals surface area contributed by atoms with Gasteiger partial charge in [-0.25, -0.2) is 9.17 Å². The van der Waals surface area contributed by atoms with Crippen molar-refractivity contribution in [3.63, 3.8) is 0 Å². The van der Waals surface area contributed by atoms with Crippen LogP contribution in [0.1, 0.15) is 19.8 Å². The van der Waals surface area contributed by atoms with Gasteiger partial charge in [-0.05, 0) is 19.8 Å². The van der Waals surface area contributed by atoms with Crippen molar-refractivity contribution in [3.05, 3.63) is 31.4 Å². The topological polar surface area (TPSA) is 92.3 Å². The maximum atomic E-state index is 10.1. The Morgan fingerprint density at radius 3 is 2.69 bits per heavy atom. The lowest BCUT2D eigenvalue weighted by Gasteiger charge is -2.06. The van der Waals surface area contributed by atoms with Crippen LogP contribution in [0.2, 0.25) is 0 Å². The summed E-state index contributed by atoms with van der Waals surface area (Å²) in [7, 11) is -4.29. The molecule has 1 rings (SSSR count). The molecule has 0 saturated heterocycles. The van der Waals surface area contributed by atoms with Gasteiger partial charge in [-0.3, -0.25) is 4.55 Å². The van der Waals surface area contributed by atoms with Gasteiger partial charge in [0.1, 0.15) is 0 Å². The Kier molecular flexibility index (Phi) is 7.44. The number of nitrogens with zero attached hydrogens (tertiary/aromatic N) is 1. The second-order valence-corrected chi connectivity index (χ2v) is 4.01. The summed E-state index contributed by atoms with van der Waals surface area (Å²) in [6, 6.07) is 0. The Morgan fingerprint density at radius 2 is 2.38 bits per heavy atom. The molecule has 0 fully saturated rings. The van der Waals surface area contributed by atoms with Crippen LogP contribution in [0.3, 0.4) is 0 Å². The SMILES string of the molecule is C=CCCC(C)OS(=O)(=O)O.c1c[nH]cn1. The van der Waals surface area contributed by atoms with Crippen molar-refractivity contribution < 1.29 is 17.2 Å². The summed E-state index contributed by atoms with van der Waals surface area (Å²) in [4.78, 5) is 6.42. The van der Waals surface area contributed by atoms with Crippen molar-refractivity contribution in [3.8, 4) is 0 Å². The smallest absolute Gasteiger partial charge is 0.351 e. The predicted octanol–water partition coefficient (Wildman–Crippen LogP) is 1.57. The van der Waals surface area contributed by atoms with Crippen LogP contribution >= 0.6 is 0 Å². The van der Waals surface area contributed by atoms with Gasteiger partial charge in [0.2, 0.25) is 0 Å². The van der Waals surface area contributed by atoms with Crippen molar-refractivity contribution >= 4 is 10.4 Å². The second kappa shape index (κ2) is 8.03.